The van der Waals surface area contributed by atoms with Gasteiger partial charge >= 0.3 is 0 Å². The van der Waals surface area contributed by atoms with Gasteiger partial charge in [-0.25, -0.2) is 0 Å². The van der Waals surface area contributed by atoms with Crippen LogP contribution in [0.5, 0.6) is 0 Å². The molecule has 3 heterocycles. The van der Waals surface area contributed by atoms with Crippen LogP contribution in [0.2, 0.25) is 0 Å². The molecule has 0 amide bonds. The molecule has 0 aliphatic heterocycles. The predicted molar refractivity (Wildman–Crippen MR) is 223 cm³/mol. The van der Waals surface area contributed by atoms with Crippen molar-refractivity contribution < 1.29 is 4.42 Å². The largest absolute Gasteiger partial charge is 0.456 e. The summed E-state index contributed by atoms with van der Waals surface area (Å²) in [5, 5.41) is 27.4. The zero-order valence-corrected chi connectivity index (χ0v) is 29.6. The Hall–Kier alpha value is -7.60. The number of hydrogen-bond acceptors (Lipinski definition) is 3. The molecule has 3 aromatic heterocycles. The average Bonchev–Trinajstić information content (AvgIpc) is 3.89. The summed E-state index contributed by atoms with van der Waals surface area (Å²) in [6.07, 6.45) is 6.21. The van der Waals surface area contributed by atoms with Gasteiger partial charge in [0.05, 0.1) is 33.5 Å². The number of hydrogen-bond donors (Lipinski definition) is 0. The van der Waals surface area contributed by atoms with Crippen LogP contribution in [0.15, 0.2) is 156 Å². The number of fused-ring (bicyclic) bond motifs is 9. The molecule has 0 saturated carbocycles. The molecule has 0 saturated heterocycles. The van der Waals surface area contributed by atoms with E-state index in [9.17, 15) is 10.5 Å². The van der Waals surface area contributed by atoms with E-state index < -0.39 is 0 Å². The number of furan rings is 1. The predicted octanol–water partition coefficient (Wildman–Crippen LogP) is 12.7. The number of para-hydroxylation sites is 1. The maximum absolute atomic E-state index is 11.3. The molecular weight excluding hydrogens is 673 g/mol. The highest BCUT2D eigenvalue weighted by molar-refractivity contribution is 6.13. The summed E-state index contributed by atoms with van der Waals surface area (Å²) >= 11 is 0. The van der Waals surface area contributed by atoms with Crippen LogP contribution in [0.4, 0.5) is 0 Å². The van der Waals surface area contributed by atoms with Crippen molar-refractivity contribution in [2.45, 2.75) is 12.8 Å². The van der Waals surface area contributed by atoms with E-state index in [1.54, 1.807) is 0 Å². The first-order valence-electron chi connectivity index (χ1n) is 18.5. The fourth-order valence-electron chi connectivity index (χ4n) is 8.79. The summed E-state index contributed by atoms with van der Waals surface area (Å²) in [7, 11) is 0. The third-order valence-electron chi connectivity index (χ3n) is 11.3. The summed E-state index contributed by atoms with van der Waals surface area (Å²) in [5.41, 5.74) is 13.4. The van der Waals surface area contributed by atoms with Crippen molar-refractivity contribution in [2.24, 2.45) is 0 Å². The number of rotatable bonds is 4. The Kier molecular flexibility index (Phi) is 6.74. The smallest absolute Gasteiger partial charge is 0.137 e. The van der Waals surface area contributed by atoms with Gasteiger partial charge in [0.25, 0.3) is 0 Å². The molecular formula is C50H30N4O. The topological polar surface area (TPSA) is 70.6 Å². The molecule has 7 aromatic carbocycles. The van der Waals surface area contributed by atoms with Crippen molar-refractivity contribution in [1.82, 2.24) is 9.13 Å². The van der Waals surface area contributed by atoms with Crippen LogP contribution in [0.1, 0.15) is 28.8 Å². The van der Waals surface area contributed by atoms with Crippen molar-refractivity contribution >= 4 is 60.7 Å². The number of aryl methyl sites for hydroxylation is 1. The molecule has 11 rings (SSSR count). The molecule has 55 heavy (non-hydrogen) atoms. The monoisotopic (exact) mass is 702 g/mol. The van der Waals surface area contributed by atoms with Gasteiger partial charge in [-0.1, -0.05) is 97.1 Å². The first-order chi connectivity index (χ1) is 27.2. The van der Waals surface area contributed by atoms with E-state index in [0.717, 1.165) is 101 Å². The van der Waals surface area contributed by atoms with E-state index in [4.69, 9.17) is 4.42 Å². The summed E-state index contributed by atoms with van der Waals surface area (Å²) in [6.45, 7) is 0. The molecule has 5 nitrogen and oxygen atoms in total. The molecule has 0 atom stereocenters. The molecule has 256 valence electrons. The molecule has 0 bridgehead atoms. The third kappa shape index (κ3) is 4.57. The molecule has 0 N–H and O–H groups in total. The maximum Gasteiger partial charge on any atom is 0.137 e. The Morgan fingerprint density at radius 1 is 0.509 bits per heavy atom. The first kappa shape index (κ1) is 31.0. The minimum atomic E-state index is 0.430. The zero-order valence-electron chi connectivity index (χ0n) is 29.6. The summed E-state index contributed by atoms with van der Waals surface area (Å²) in [6, 6.07) is 55.1. The highest BCUT2D eigenvalue weighted by Crippen LogP contribution is 2.43. The zero-order chi connectivity index (χ0) is 36.6. The third-order valence-corrected chi connectivity index (χ3v) is 11.3. The second kappa shape index (κ2) is 12.0. The number of allylic oxidation sites excluding steroid dienone is 1. The average molecular weight is 703 g/mol. The van der Waals surface area contributed by atoms with Crippen LogP contribution >= 0.6 is 0 Å². The first-order valence-corrected chi connectivity index (χ1v) is 18.5. The van der Waals surface area contributed by atoms with Gasteiger partial charge in [-0.05, 0) is 95.3 Å². The Balaban J connectivity index is 1.22. The van der Waals surface area contributed by atoms with Crippen LogP contribution in [0.3, 0.4) is 0 Å². The molecule has 10 aromatic rings. The second-order valence-corrected chi connectivity index (χ2v) is 14.2. The van der Waals surface area contributed by atoms with Gasteiger partial charge in [-0.3, -0.25) is 0 Å². The van der Waals surface area contributed by atoms with E-state index in [2.05, 4.69) is 137 Å². The van der Waals surface area contributed by atoms with Gasteiger partial charge < -0.3 is 13.6 Å². The van der Waals surface area contributed by atoms with Crippen LogP contribution in [0.25, 0.3) is 94.4 Å². The summed E-state index contributed by atoms with van der Waals surface area (Å²) in [5.74, 6) is 0. The van der Waals surface area contributed by atoms with Crippen LogP contribution in [-0.2, 0) is 6.42 Å². The SMILES string of the molecule is N#Cc1ccc(-n2c3c(c4cc5c(cc42)oc2ccccc25)CCC=C3)c(C#N)c1-n1c2ccc(-c3ccccc3)cc2c2cc(-c3ccccc3)ccc21. The fourth-order valence-corrected chi connectivity index (χ4v) is 8.79. The van der Waals surface area contributed by atoms with Crippen molar-refractivity contribution in [3.8, 4) is 45.8 Å². The standard InChI is InChI=1S/C50H30N4O/c51-29-35-21-24-46(53-43-17-9-7-15-36(43)40-27-41-37-16-8-10-18-48(37)55-49(41)28-47(40)53)42(30-52)50(35)54-44-22-19-33(31-11-3-1-4-12-31)25-38(44)39-26-34(20-23-45(39)54)32-13-5-2-6-14-32/h1-6,8-14,16-28H,7,15H2. The Labute approximate surface area is 316 Å². The Morgan fingerprint density at radius 3 is 1.85 bits per heavy atom. The lowest BCUT2D eigenvalue weighted by Crippen LogP contribution is -2.08. The maximum atomic E-state index is 11.3. The summed E-state index contributed by atoms with van der Waals surface area (Å²) < 4.78 is 10.7. The highest BCUT2D eigenvalue weighted by Gasteiger charge is 2.26. The molecule has 0 unspecified atom stereocenters. The fraction of sp³-hybridized carbons (Fsp3) is 0.0400. The van der Waals surface area contributed by atoms with Crippen LogP contribution in [-0.4, -0.2) is 9.13 Å². The van der Waals surface area contributed by atoms with Gasteiger partial charge in [-0.2, -0.15) is 10.5 Å². The van der Waals surface area contributed by atoms with E-state index in [0.29, 0.717) is 16.8 Å². The summed E-state index contributed by atoms with van der Waals surface area (Å²) in [4.78, 5) is 0. The molecule has 1 aliphatic carbocycles. The van der Waals surface area contributed by atoms with Crippen LogP contribution < -0.4 is 0 Å². The quantitative estimate of drug-likeness (QED) is 0.183. The van der Waals surface area contributed by atoms with Gasteiger partial charge in [0.1, 0.15) is 28.9 Å². The second-order valence-electron chi connectivity index (χ2n) is 14.2. The van der Waals surface area contributed by atoms with E-state index in [1.807, 2.05) is 42.5 Å². The lowest BCUT2D eigenvalue weighted by molar-refractivity contribution is 0.669. The molecule has 0 radical (unpaired) electrons. The molecule has 5 heteroatoms. The van der Waals surface area contributed by atoms with Crippen LogP contribution in [0, 0.1) is 22.7 Å². The molecule has 0 fully saturated rings. The minimum Gasteiger partial charge on any atom is -0.456 e. The Bertz CT molecular complexity index is 3230. The van der Waals surface area contributed by atoms with E-state index >= 15 is 0 Å². The van der Waals surface area contributed by atoms with Crippen molar-refractivity contribution in [1.29, 1.82) is 10.5 Å². The lowest BCUT2D eigenvalue weighted by Gasteiger charge is -2.18. The molecule has 0 spiro atoms. The number of nitrogens with zero attached hydrogens (tertiary/aromatic N) is 4. The van der Waals surface area contributed by atoms with E-state index in [-0.39, 0.29) is 0 Å². The van der Waals surface area contributed by atoms with Gasteiger partial charge in [0.15, 0.2) is 0 Å². The van der Waals surface area contributed by atoms with Gasteiger partial charge in [0, 0.05) is 38.7 Å². The van der Waals surface area contributed by atoms with Crippen molar-refractivity contribution in [3.63, 3.8) is 0 Å². The number of benzene rings is 7. The number of nitriles is 2. The number of aromatic nitrogens is 2. The van der Waals surface area contributed by atoms with Crippen molar-refractivity contribution in [3.05, 3.63) is 174 Å². The highest BCUT2D eigenvalue weighted by atomic mass is 16.3. The van der Waals surface area contributed by atoms with Crippen molar-refractivity contribution in [2.75, 3.05) is 0 Å². The van der Waals surface area contributed by atoms with Gasteiger partial charge in [0.2, 0.25) is 0 Å². The minimum absolute atomic E-state index is 0.430. The normalized spacial score (nSPS) is 12.5. The van der Waals surface area contributed by atoms with E-state index in [1.165, 1.54) is 5.56 Å². The molecule has 1 aliphatic rings. The Morgan fingerprint density at radius 2 is 1.18 bits per heavy atom. The van der Waals surface area contributed by atoms with Gasteiger partial charge in [-0.15, -0.1) is 0 Å². The lowest BCUT2D eigenvalue weighted by atomic mass is 9.99.